The van der Waals surface area contributed by atoms with Crippen LogP contribution < -0.4 is 10.0 Å². The van der Waals surface area contributed by atoms with E-state index >= 15 is 0 Å². The molecular formula is C12H24N2O4S. The van der Waals surface area contributed by atoms with Gasteiger partial charge in [0.2, 0.25) is 10.0 Å². The molecular weight excluding hydrogens is 268 g/mol. The maximum absolute atomic E-state index is 12.0. The van der Waals surface area contributed by atoms with Crippen LogP contribution in [0.25, 0.3) is 0 Å². The number of ether oxygens (including phenoxy) is 2. The molecule has 7 heteroatoms. The molecule has 0 aromatic carbocycles. The van der Waals surface area contributed by atoms with E-state index in [1.54, 1.807) is 0 Å². The highest BCUT2D eigenvalue weighted by Crippen LogP contribution is 2.14. The van der Waals surface area contributed by atoms with E-state index in [9.17, 15) is 8.42 Å². The fourth-order valence-electron chi connectivity index (χ4n) is 2.48. The highest BCUT2D eigenvalue weighted by atomic mass is 32.2. The van der Waals surface area contributed by atoms with Crippen LogP contribution in [0.2, 0.25) is 0 Å². The van der Waals surface area contributed by atoms with Gasteiger partial charge >= 0.3 is 0 Å². The average Bonchev–Trinajstić information content (AvgIpc) is 2.46. The van der Waals surface area contributed by atoms with Crippen LogP contribution in [0.4, 0.5) is 0 Å². The van der Waals surface area contributed by atoms with E-state index in [1.807, 2.05) is 0 Å². The number of nitrogens with one attached hydrogen (secondary N) is 2. The third-order valence-corrected chi connectivity index (χ3v) is 5.61. The Morgan fingerprint density at radius 2 is 1.84 bits per heavy atom. The molecule has 2 N–H and O–H groups in total. The quantitative estimate of drug-likeness (QED) is 0.666. The summed E-state index contributed by atoms with van der Waals surface area (Å²) in [6.45, 7) is 3.86. The summed E-state index contributed by atoms with van der Waals surface area (Å²) in [6, 6.07) is 0. The third kappa shape index (κ3) is 5.00. The lowest BCUT2D eigenvalue weighted by Gasteiger charge is -2.24. The smallest absolute Gasteiger partial charge is 0.214 e. The molecule has 0 bridgehead atoms. The van der Waals surface area contributed by atoms with Crippen molar-refractivity contribution in [2.45, 2.75) is 37.0 Å². The van der Waals surface area contributed by atoms with Crippen LogP contribution in [-0.4, -0.2) is 59.2 Å². The summed E-state index contributed by atoms with van der Waals surface area (Å²) in [7, 11) is -3.21. The molecule has 2 aliphatic rings. The van der Waals surface area contributed by atoms with Crippen molar-refractivity contribution in [1.29, 1.82) is 0 Å². The molecule has 0 aromatic rings. The first-order valence-corrected chi connectivity index (χ1v) is 8.61. The van der Waals surface area contributed by atoms with Crippen molar-refractivity contribution in [1.82, 2.24) is 10.0 Å². The van der Waals surface area contributed by atoms with Crippen molar-refractivity contribution in [3.05, 3.63) is 0 Å². The molecule has 0 spiro atoms. The van der Waals surface area contributed by atoms with E-state index in [4.69, 9.17) is 9.47 Å². The molecule has 2 aliphatic heterocycles. The summed E-state index contributed by atoms with van der Waals surface area (Å²) in [4.78, 5) is 0. The van der Waals surface area contributed by atoms with Crippen molar-refractivity contribution < 1.29 is 17.9 Å². The summed E-state index contributed by atoms with van der Waals surface area (Å²) in [6.07, 6.45) is 3.46. The van der Waals surface area contributed by atoms with Crippen LogP contribution in [0.1, 0.15) is 25.7 Å². The number of hydrogen-bond donors (Lipinski definition) is 2. The van der Waals surface area contributed by atoms with Gasteiger partial charge in [0.15, 0.2) is 0 Å². The molecule has 0 unspecified atom stereocenters. The van der Waals surface area contributed by atoms with Crippen molar-refractivity contribution in [2.75, 3.05) is 39.5 Å². The highest BCUT2D eigenvalue weighted by molar-refractivity contribution is 7.90. The minimum Gasteiger partial charge on any atom is -0.381 e. The second-order valence-electron chi connectivity index (χ2n) is 5.07. The highest BCUT2D eigenvalue weighted by Gasteiger charge is 2.27. The molecule has 2 fully saturated rings. The zero-order chi connectivity index (χ0) is 13.6. The van der Waals surface area contributed by atoms with Crippen LogP contribution >= 0.6 is 0 Å². The number of piperidine rings is 1. The SMILES string of the molecule is O=S(=O)(NCCOC1CCNCC1)C1CCOCC1. The fraction of sp³-hybridized carbons (Fsp3) is 1.00. The number of sulfonamides is 1. The van der Waals surface area contributed by atoms with E-state index in [0.717, 1.165) is 25.9 Å². The molecule has 0 aromatic heterocycles. The fourth-order valence-corrected chi connectivity index (χ4v) is 3.89. The Labute approximate surface area is 115 Å². The second-order valence-corrected chi connectivity index (χ2v) is 7.12. The molecule has 6 nitrogen and oxygen atoms in total. The lowest BCUT2D eigenvalue weighted by Crippen LogP contribution is -2.40. The second kappa shape index (κ2) is 7.54. The van der Waals surface area contributed by atoms with Gasteiger partial charge in [-0.2, -0.15) is 0 Å². The van der Waals surface area contributed by atoms with Gasteiger partial charge in [-0.1, -0.05) is 0 Å². The van der Waals surface area contributed by atoms with Gasteiger partial charge in [-0.25, -0.2) is 13.1 Å². The van der Waals surface area contributed by atoms with E-state index in [0.29, 0.717) is 39.2 Å². The van der Waals surface area contributed by atoms with Gasteiger partial charge in [-0.3, -0.25) is 0 Å². The Hall–Kier alpha value is -0.210. The number of hydrogen-bond acceptors (Lipinski definition) is 5. The first-order valence-electron chi connectivity index (χ1n) is 7.07. The first-order chi connectivity index (χ1) is 9.18. The molecule has 2 saturated heterocycles. The van der Waals surface area contributed by atoms with E-state index in [1.165, 1.54) is 0 Å². The molecule has 19 heavy (non-hydrogen) atoms. The predicted molar refractivity (Wildman–Crippen MR) is 72.6 cm³/mol. The minimum atomic E-state index is -3.21. The molecule has 0 amide bonds. The van der Waals surface area contributed by atoms with Crippen molar-refractivity contribution in [3.8, 4) is 0 Å². The van der Waals surface area contributed by atoms with Gasteiger partial charge in [0, 0.05) is 19.8 Å². The molecule has 2 rings (SSSR count). The standard InChI is InChI=1S/C12H24N2O4S/c15-19(16,12-3-8-17-9-4-12)14-7-10-18-11-1-5-13-6-2-11/h11-14H,1-10H2. The zero-order valence-electron chi connectivity index (χ0n) is 11.3. The van der Waals surface area contributed by atoms with Crippen LogP contribution in [0.15, 0.2) is 0 Å². The minimum absolute atomic E-state index is 0.272. The lowest BCUT2D eigenvalue weighted by atomic mass is 10.1. The van der Waals surface area contributed by atoms with Gasteiger partial charge in [0.05, 0.1) is 18.0 Å². The van der Waals surface area contributed by atoms with Crippen molar-refractivity contribution in [3.63, 3.8) is 0 Å². The van der Waals surface area contributed by atoms with Crippen LogP contribution in [0.5, 0.6) is 0 Å². The molecule has 0 saturated carbocycles. The Morgan fingerprint density at radius 1 is 1.16 bits per heavy atom. The molecule has 2 heterocycles. The van der Waals surface area contributed by atoms with Gasteiger partial charge in [-0.05, 0) is 38.8 Å². The van der Waals surface area contributed by atoms with E-state index < -0.39 is 10.0 Å². The molecule has 0 atom stereocenters. The van der Waals surface area contributed by atoms with Gasteiger partial charge < -0.3 is 14.8 Å². The van der Waals surface area contributed by atoms with Gasteiger partial charge in [-0.15, -0.1) is 0 Å². The maximum atomic E-state index is 12.0. The predicted octanol–water partition coefficient (Wildman–Crippen LogP) is -0.147. The first kappa shape index (κ1) is 15.2. The zero-order valence-corrected chi connectivity index (χ0v) is 12.1. The van der Waals surface area contributed by atoms with E-state index in [-0.39, 0.29) is 11.4 Å². The van der Waals surface area contributed by atoms with E-state index in [2.05, 4.69) is 10.0 Å². The van der Waals surface area contributed by atoms with Gasteiger partial charge in [0.1, 0.15) is 0 Å². The number of rotatable bonds is 6. The molecule has 0 radical (unpaired) electrons. The summed E-state index contributed by atoms with van der Waals surface area (Å²) in [5.41, 5.74) is 0. The lowest BCUT2D eigenvalue weighted by molar-refractivity contribution is 0.0366. The Bertz CT molecular complexity index is 349. The summed E-state index contributed by atoms with van der Waals surface area (Å²) < 4.78 is 37.5. The Balaban J connectivity index is 1.63. The average molecular weight is 292 g/mol. The normalized spacial score (nSPS) is 23.6. The van der Waals surface area contributed by atoms with Gasteiger partial charge in [0.25, 0.3) is 0 Å². The van der Waals surface area contributed by atoms with Crippen LogP contribution in [0, 0.1) is 0 Å². The summed E-state index contributed by atoms with van der Waals surface area (Å²) >= 11 is 0. The van der Waals surface area contributed by atoms with Crippen molar-refractivity contribution in [2.24, 2.45) is 0 Å². The van der Waals surface area contributed by atoms with Crippen molar-refractivity contribution >= 4 is 10.0 Å². The topological polar surface area (TPSA) is 76.7 Å². The Morgan fingerprint density at radius 3 is 2.53 bits per heavy atom. The molecule has 0 aliphatic carbocycles. The summed E-state index contributed by atoms with van der Waals surface area (Å²) in [5, 5.41) is 2.96. The van der Waals surface area contributed by atoms with Crippen LogP contribution in [-0.2, 0) is 19.5 Å². The summed E-state index contributed by atoms with van der Waals surface area (Å²) in [5.74, 6) is 0. The maximum Gasteiger partial charge on any atom is 0.214 e. The van der Waals surface area contributed by atoms with Crippen LogP contribution in [0.3, 0.4) is 0 Å². The Kier molecular flexibility index (Phi) is 6.03. The molecule has 112 valence electrons. The largest absolute Gasteiger partial charge is 0.381 e. The third-order valence-electron chi connectivity index (χ3n) is 3.65. The monoisotopic (exact) mass is 292 g/mol.